The third-order valence-corrected chi connectivity index (χ3v) is 6.92. The highest BCUT2D eigenvalue weighted by molar-refractivity contribution is 5.86. The Bertz CT molecular complexity index is 961. The van der Waals surface area contributed by atoms with Crippen molar-refractivity contribution in [1.29, 1.82) is 0 Å². The standard InChI is InChI=1S/C28H38N2O5/c1-21-24(34-2)18-23(19-25(21)35-3)20-30(17-11-8-14-22-12-6-4-7-13-22)27(33)29-28(26(31)32)15-9-5-10-16-28/h4,6-7,12-13,18-19H,5,8-11,14-17,20H2,1-3H3,(H,29,33)(H,31,32). The van der Waals surface area contributed by atoms with Crippen LogP contribution < -0.4 is 14.8 Å². The zero-order valence-electron chi connectivity index (χ0n) is 21.1. The smallest absolute Gasteiger partial charge is 0.329 e. The van der Waals surface area contributed by atoms with Gasteiger partial charge in [0, 0.05) is 18.7 Å². The number of ether oxygens (including phenoxy) is 2. The Morgan fingerprint density at radius 1 is 0.971 bits per heavy atom. The number of amides is 2. The molecular weight excluding hydrogens is 444 g/mol. The van der Waals surface area contributed by atoms with Gasteiger partial charge in [-0.1, -0.05) is 49.6 Å². The van der Waals surface area contributed by atoms with Gasteiger partial charge in [0.2, 0.25) is 0 Å². The van der Waals surface area contributed by atoms with Crippen molar-refractivity contribution in [2.45, 2.75) is 70.4 Å². The second-order valence-electron chi connectivity index (χ2n) is 9.37. The zero-order valence-corrected chi connectivity index (χ0v) is 21.1. The molecule has 0 aliphatic heterocycles. The lowest BCUT2D eigenvalue weighted by atomic mass is 9.82. The van der Waals surface area contributed by atoms with E-state index >= 15 is 0 Å². The molecule has 7 nitrogen and oxygen atoms in total. The van der Waals surface area contributed by atoms with Crippen molar-refractivity contribution in [3.05, 3.63) is 59.2 Å². The molecule has 0 saturated heterocycles. The summed E-state index contributed by atoms with van der Waals surface area (Å²) in [4.78, 5) is 27.3. The molecule has 7 heteroatoms. The van der Waals surface area contributed by atoms with Crippen LogP contribution in [-0.2, 0) is 17.8 Å². The van der Waals surface area contributed by atoms with Crippen LogP contribution in [0.3, 0.4) is 0 Å². The Morgan fingerprint density at radius 3 is 2.17 bits per heavy atom. The molecule has 0 radical (unpaired) electrons. The predicted octanol–water partition coefficient (Wildman–Crippen LogP) is 5.33. The van der Waals surface area contributed by atoms with Crippen LogP contribution >= 0.6 is 0 Å². The number of nitrogens with zero attached hydrogens (tertiary/aromatic N) is 1. The number of nitrogens with one attached hydrogen (secondary N) is 1. The maximum Gasteiger partial charge on any atom is 0.329 e. The van der Waals surface area contributed by atoms with E-state index in [1.165, 1.54) is 5.56 Å². The molecule has 0 bridgehead atoms. The number of aliphatic carboxylic acids is 1. The van der Waals surface area contributed by atoms with Crippen LogP contribution in [0.2, 0.25) is 0 Å². The van der Waals surface area contributed by atoms with Gasteiger partial charge < -0.3 is 24.8 Å². The monoisotopic (exact) mass is 482 g/mol. The lowest BCUT2D eigenvalue weighted by Gasteiger charge is -2.36. The summed E-state index contributed by atoms with van der Waals surface area (Å²) < 4.78 is 11.0. The first-order chi connectivity index (χ1) is 16.9. The first-order valence-electron chi connectivity index (χ1n) is 12.4. The van der Waals surface area contributed by atoms with E-state index in [9.17, 15) is 14.7 Å². The van der Waals surface area contributed by atoms with Crippen molar-refractivity contribution in [3.8, 4) is 11.5 Å². The van der Waals surface area contributed by atoms with Crippen LogP contribution in [0.1, 0.15) is 61.6 Å². The van der Waals surface area contributed by atoms with Crippen molar-refractivity contribution >= 4 is 12.0 Å². The molecule has 0 spiro atoms. The lowest BCUT2D eigenvalue weighted by Crippen LogP contribution is -2.58. The molecule has 2 amide bonds. The summed E-state index contributed by atoms with van der Waals surface area (Å²) in [7, 11) is 3.22. The molecule has 1 saturated carbocycles. The van der Waals surface area contributed by atoms with Gasteiger partial charge in [0.1, 0.15) is 17.0 Å². The Balaban J connectivity index is 1.76. The molecular formula is C28H38N2O5. The number of hydrogen-bond donors (Lipinski definition) is 2. The summed E-state index contributed by atoms with van der Waals surface area (Å²) in [6.45, 7) is 2.78. The number of carboxylic acid groups (broad SMARTS) is 1. The fraction of sp³-hybridized carbons (Fsp3) is 0.500. The molecule has 35 heavy (non-hydrogen) atoms. The minimum absolute atomic E-state index is 0.333. The molecule has 2 N–H and O–H groups in total. The minimum Gasteiger partial charge on any atom is -0.496 e. The third-order valence-electron chi connectivity index (χ3n) is 6.92. The number of carbonyl (C=O) groups is 2. The van der Waals surface area contributed by atoms with Crippen molar-refractivity contribution in [2.75, 3.05) is 20.8 Å². The third kappa shape index (κ3) is 6.90. The van der Waals surface area contributed by atoms with Gasteiger partial charge in [-0.05, 0) is 62.3 Å². The molecule has 1 fully saturated rings. The Morgan fingerprint density at radius 2 is 1.60 bits per heavy atom. The summed E-state index contributed by atoms with van der Waals surface area (Å²) in [6, 6.07) is 13.8. The average Bonchev–Trinajstić information content (AvgIpc) is 2.87. The highest BCUT2D eigenvalue weighted by atomic mass is 16.5. The van der Waals surface area contributed by atoms with Crippen molar-refractivity contribution in [2.24, 2.45) is 0 Å². The molecule has 0 unspecified atom stereocenters. The Labute approximate surface area is 208 Å². The molecule has 0 heterocycles. The maximum atomic E-state index is 13.5. The maximum absolute atomic E-state index is 13.5. The highest BCUT2D eigenvalue weighted by Crippen LogP contribution is 2.31. The van der Waals surface area contributed by atoms with E-state index in [1.54, 1.807) is 19.1 Å². The number of carbonyl (C=O) groups excluding carboxylic acids is 1. The van der Waals surface area contributed by atoms with Crippen LogP contribution in [-0.4, -0.2) is 48.3 Å². The second kappa shape index (κ2) is 12.5. The highest BCUT2D eigenvalue weighted by Gasteiger charge is 2.41. The van der Waals surface area contributed by atoms with E-state index in [0.717, 1.165) is 49.7 Å². The second-order valence-corrected chi connectivity index (χ2v) is 9.37. The topological polar surface area (TPSA) is 88.1 Å². The number of unbranched alkanes of at least 4 members (excludes halogenated alkanes) is 1. The van der Waals surface area contributed by atoms with Crippen molar-refractivity contribution in [3.63, 3.8) is 0 Å². The largest absolute Gasteiger partial charge is 0.496 e. The molecule has 3 rings (SSSR count). The average molecular weight is 483 g/mol. The molecule has 0 atom stereocenters. The van der Waals surface area contributed by atoms with Crippen LogP contribution in [0.4, 0.5) is 4.79 Å². The Hall–Kier alpha value is -3.22. The van der Waals surface area contributed by atoms with Gasteiger partial charge in [0.05, 0.1) is 14.2 Å². The number of urea groups is 1. The van der Waals surface area contributed by atoms with Gasteiger partial charge in [-0.25, -0.2) is 9.59 Å². The minimum atomic E-state index is -1.19. The van der Waals surface area contributed by atoms with Crippen molar-refractivity contribution < 1.29 is 24.2 Å². The number of benzene rings is 2. The fourth-order valence-electron chi connectivity index (χ4n) is 4.81. The summed E-state index contributed by atoms with van der Waals surface area (Å²) >= 11 is 0. The van der Waals surface area contributed by atoms with Crippen LogP contribution in [0, 0.1) is 6.92 Å². The van der Waals surface area contributed by atoms with E-state index in [0.29, 0.717) is 37.4 Å². The normalized spacial score (nSPS) is 14.7. The fourth-order valence-corrected chi connectivity index (χ4v) is 4.81. The number of methoxy groups -OCH3 is 2. The summed E-state index contributed by atoms with van der Waals surface area (Å²) in [5.74, 6) is 0.435. The van der Waals surface area contributed by atoms with E-state index in [1.807, 2.05) is 37.3 Å². The van der Waals surface area contributed by atoms with Gasteiger partial charge in [-0.15, -0.1) is 0 Å². The predicted molar refractivity (Wildman–Crippen MR) is 136 cm³/mol. The van der Waals surface area contributed by atoms with E-state index in [-0.39, 0.29) is 6.03 Å². The van der Waals surface area contributed by atoms with Gasteiger partial charge >= 0.3 is 12.0 Å². The number of carboxylic acids is 1. The van der Waals surface area contributed by atoms with Gasteiger partial charge in [-0.3, -0.25) is 0 Å². The van der Waals surface area contributed by atoms with Crippen LogP contribution in [0.25, 0.3) is 0 Å². The number of hydrogen-bond acceptors (Lipinski definition) is 4. The van der Waals surface area contributed by atoms with E-state index in [2.05, 4.69) is 17.4 Å². The number of rotatable bonds is 11. The zero-order chi connectivity index (χ0) is 25.3. The molecule has 1 aliphatic rings. The molecule has 190 valence electrons. The van der Waals surface area contributed by atoms with Crippen LogP contribution in [0.5, 0.6) is 11.5 Å². The summed E-state index contributed by atoms with van der Waals surface area (Å²) in [5, 5.41) is 12.9. The molecule has 2 aromatic carbocycles. The lowest BCUT2D eigenvalue weighted by molar-refractivity contribution is -0.146. The first kappa shape index (κ1) is 26.4. The van der Waals surface area contributed by atoms with Gasteiger partial charge in [0.25, 0.3) is 0 Å². The molecule has 0 aromatic heterocycles. The number of aryl methyl sites for hydroxylation is 1. The SMILES string of the molecule is COc1cc(CN(CCCCc2ccccc2)C(=O)NC2(C(=O)O)CCCCC2)cc(OC)c1C. The van der Waals surface area contributed by atoms with Crippen LogP contribution in [0.15, 0.2) is 42.5 Å². The first-order valence-corrected chi connectivity index (χ1v) is 12.4. The quantitative estimate of drug-likeness (QED) is 0.423. The van der Waals surface area contributed by atoms with E-state index < -0.39 is 11.5 Å². The molecule has 1 aliphatic carbocycles. The summed E-state index contributed by atoms with van der Waals surface area (Å²) in [6.07, 6.45) is 6.19. The van der Waals surface area contributed by atoms with Gasteiger partial charge in [-0.2, -0.15) is 0 Å². The van der Waals surface area contributed by atoms with Gasteiger partial charge in [0.15, 0.2) is 0 Å². The van der Waals surface area contributed by atoms with E-state index in [4.69, 9.17) is 9.47 Å². The van der Waals surface area contributed by atoms with Crippen molar-refractivity contribution in [1.82, 2.24) is 10.2 Å². The molecule has 2 aromatic rings. The Kier molecular flexibility index (Phi) is 9.40. The summed E-state index contributed by atoms with van der Waals surface area (Å²) in [5.41, 5.74) is 1.84.